The molecule has 70 valence electrons. The highest BCUT2D eigenvalue weighted by Crippen LogP contribution is 2.24. The Morgan fingerprint density at radius 3 is 2.77 bits per heavy atom. The van der Waals surface area contributed by atoms with E-state index in [0.717, 1.165) is 0 Å². The largest absolute Gasteiger partial charge is 0.478 e. The molecule has 1 rings (SSSR count). The summed E-state index contributed by atoms with van der Waals surface area (Å²) < 4.78 is 0. The van der Waals surface area contributed by atoms with E-state index in [-0.39, 0.29) is 10.7 Å². The highest BCUT2D eigenvalue weighted by atomic mass is 35.5. The molecule has 5 heteroatoms. The third kappa shape index (κ3) is 1.89. The number of carboxylic acid groups (broad SMARTS) is 1. The molecule has 1 aromatic rings. The van der Waals surface area contributed by atoms with Gasteiger partial charge < -0.3 is 10.4 Å². The lowest BCUT2D eigenvalue weighted by Crippen LogP contribution is -2.05. The SMILES string of the molecule is CNc1c(C(=O)O)cc(C)nc1Cl. The highest BCUT2D eigenvalue weighted by Gasteiger charge is 2.13. The molecule has 2 N–H and O–H groups in total. The van der Waals surface area contributed by atoms with Crippen molar-refractivity contribution in [2.45, 2.75) is 6.92 Å². The van der Waals surface area contributed by atoms with Crippen molar-refractivity contribution in [3.63, 3.8) is 0 Å². The fourth-order valence-corrected chi connectivity index (χ4v) is 1.37. The van der Waals surface area contributed by atoms with Crippen LogP contribution in [0.1, 0.15) is 16.1 Å². The number of halogens is 1. The van der Waals surface area contributed by atoms with Gasteiger partial charge in [-0.2, -0.15) is 0 Å². The maximum Gasteiger partial charge on any atom is 0.337 e. The van der Waals surface area contributed by atoms with Crippen LogP contribution in [0.5, 0.6) is 0 Å². The van der Waals surface area contributed by atoms with Gasteiger partial charge in [-0.15, -0.1) is 0 Å². The van der Waals surface area contributed by atoms with Gasteiger partial charge in [-0.1, -0.05) is 11.6 Å². The molecule has 0 aliphatic carbocycles. The summed E-state index contributed by atoms with van der Waals surface area (Å²) in [5.74, 6) is -1.02. The Morgan fingerprint density at radius 2 is 2.31 bits per heavy atom. The van der Waals surface area contributed by atoms with Gasteiger partial charge in [-0.3, -0.25) is 0 Å². The minimum atomic E-state index is -1.02. The van der Waals surface area contributed by atoms with Gasteiger partial charge in [0.2, 0.25) is 0 Å². The number of anilines is 1. The Morgan fingerprint density at radius 1 is 1.69 bits per heavy atom. The smallest absolute Gasteiger partial charge is 0.337 e. The van der Waals surface area contributed by atoms with E-state index in [9.17, 15) is 4.79 Å². The molecule has 0 amide bonds. The molecular formula is C8H9ClN2O2. The molecule has 0 fully saturated rings. The number of pyridine rings is 1. The van der Waals surface area contributed by atoms with E-state index >= 15 is 0 Å². The standard InChI is InChI=1S/C8H9ClN2O2/c1-4-3-5(8(12)13)6(10-2)7(9)11-4/h3,10H,1-2H3,(H,12,13). The number of nitrogens with zero attached hydrogens (tertiary/aromatic N) is 1. The van der Waals surface area contributed by atoms with Crippen LogP contribution in [0.4, 0.5) is 5.69 Å². The molecule has 0 aliphatic rings. The molecule has 0 radical (unpaired) electrons. The number of rotatable bonds is 2. The molecule has 0 unspecified atom stereocenters. The second-order valence-corrected chi connectivity index (χ2v) is 2.89. The highest BCUT2D eigenvalue weighted by molar-refractivity contribution is 6.32. The molecule has 1 heterocycles. The van der Waals surface area contributed by atoms with Crippen molar-refractivity contribution in [3.8, 4) is 0 Å². The van der Waals surface area contributed by atoms with Gasteiger partial charge in [0.05, 0.1) is 11.3 Å². The first-order valence-electron chi connectivity index (χ1n) is 3.64. The molecule has 0 atom stereocenters. The van der Waals surface area contributed by atoms with E-state index in [2.05, 4.69) is 10.3 Å². The number of carboxylic acids is 1. The first-order valence-corrected chi connectivity index (χ1v) is 4.02. The van der Waals surface area contributed by atoms with Crippen molar-refractivity contribution < 1.29 is 9.90 Å². The van der Waals surface area contributed by atoms with E-state index in [0.29, 0.717) is 11.4 Å². The average molecular weight is 201 g/mol. The summed E-state index contributed by atoms with van der Waals surface area (Å²) >= 11 is 5.74. The van der Waals surface area contributed by atoms with Gasteiger partial charge in [0.15, 0.2) is 5.15 Å². The lowest BCUT2D eigenvalue weighted by atomic mass is 10.2. The fourth-order valence-electron chi connectivity index (χ4n) is 1.04. The second kappa shape index (κ2) is 3.62. The van der Waals surface area contributed by atoms with Gasteiger partial charge in [0.1, 0.15) is 0 Å². The first kappa shape index (κ1) is 9.80. The third-order valence-corrected chi connectivity index (χ3v) is 1.86. The van der Waals surface area contributed by atoms with Crippen LogP contribution in [-0.4, -0.2) is 23.1 Å². The molecule has 0 aromatic carbocycles. The molecule has 0 bridgehead atoms. The topological polar surface area (TPSA) is 62.2 Å². The molecule has 1 aromatic heterocycles. The fraction of sp³-hybridized carbons (Fsp3) is 0.250. The molecule has 0 saturated carbocycles. The Kier molecular flexibility index (Phi) is 2.72. The minimum Gasteiger partial charge on any atom is -0.478 e. The molecule has 0 saturated heterocycles. The van der Waals surface area contributed by atoms with E-state index < -0.39 is 5.97 Å². The molecule has 13 heavy (non-hydrogen) atoms. The van der Waals surface area contributed by atoms with Crippen LogP contribution in [-0.2, 0) is 0 Å². The second-order valence-electron chi connectivity index (χ2n) is 2.53. The van der Waals surface area contributed by atoms with Crippen molar-refractivity contribution in [2.75, 3.05) is 12.4 Å². The van der Waals surface area contributed by atoms with Crippen LogP contribution < -0.4 is 5.32 Å². The van der Waals surface area contributed by atoms with Crippen LogP contribution in [0.15, 0.2) is 6.07 Å². The zero-order chi connectivity index (χ0) is 10.0. The van der Waals surface area contributed by atoms with Gasteiger partial charge in [0, 0.05) is 12.7 Å². The number of aryl methyl sites for hydroxylation is 1. The van der Waals surface area contributed by atoms with Crippen LogP contribution in [0.25, 0.3) is 0 Å². The number of nitrogens with one attached hydrogen (secondary N) is 1. The molecule has 0 aliphatic heterocycles. The summed E-state index contributed by atoms with van der Waals surface area (Å²) in [6, 6.07) is 1.47. The zero-order valence-electron chi connectivity index (χ0n) is 7.26. The van der Waals surface area contributed by atoms with Crippen molar-refractivity contribution in [2.24, 2.45) is 0 Å². The first-order chi connectivity index (χ1) is 6.06. The lowest BCUT2D eigenvalue weighted by molar-refractivity contribution is 0.0697. The van der Waals surface area contributed by atoms with Crippen LogP contribution in [0, 0.1) is 6.92 Å². The summed E-state index contributed by atoms with van der Waals surface area (Å²) in [5.41, 5.74) is 1.07. The number of aromatic nitrogens is 1. The zero-order valence-corrected chi connectivity index (χ0v) is 8.01. The van der Waals surface area contributed by atoms with E-state index in [1.807, 2.05) is 0 Å². The van der Waals surface area contributed by atoms with Gasteiger partial charge in [-0.05, 0) is 13.0 Å². The van der Waals surface area contributed by atoms with Gasteiger partial charge >= 0.3 is 5.97 Å². The maximum absolute atomic E-state index is 10.8. The summed E-state index contributed by atoms with van der Waals surface area (Å²) in [6.45, 7) is 1.69. The van der Waals surface area contributed by atoms with Crippen LogP contribution in [0.2, 0.25) is 5.15 Å². The maximum atomic E-state index is 10.8. The summed E-state index contributed by atoms with van der Waals surface area (Å²) in [7, 11) is 1.60. The monoisotopic (exact) mass is 200 g/mol. The minimum absolute atomic E-state index is 0.139. The number of aromatic carboxylic acids is 1. The van der Waals surface area contributed by atoms with Crippen LogP contribution >= 0.6 is 11.6 Å². The Bertz CT molecular complexity index is 352. The van der Waals surface area contributed by atoms with E-state index in [4.69, 9.17) is 16.7 Å². The van der Waals surface area contributed by atoms with Crippen molar-refractivity contribution >= 4 is 23.3 Å². The Balaban J connectivity index is 3.38. The van der Waals surface area contributed by atoms with Gasteiger partial charge in [-0.25, -0.2) is 9.78 Å². The summed E-state index contributed by atoms with van der Waals surface area (Å²) in [6.07, 6.45) is 0. The predicted octanol–water partition coefficient (Wildman–Crippen LogP) is 1.78. The molecule has 0 spiro atoms. The Hall–Kier alpha value is -1.29. The van der Waals surface area contributed by atoms with Gasteiger partial charge in [0.25, 0.3) is 0 Å². The van der Waals surface area contributed by atoms with E-state index in [1.54, 1.807) is 14.0 Å². The average Bonchev–Trinajstić information content (AvgIpc) is 2.02. The van der Waals surface area contributed by atoms with E-state index in [1.165, 1.54) is 6.07 Å². The van der Waals surface area contributed by atoms with Crippen LogP contribution in [0.3, 0.4) is 0 Å². The Labute approximate surface area is 80.6 Å². The van der Waals surface area contributed by atoms with Crippen molar-refractivity contribution in [1.82, 2.24) is 4.98 Å². The normalized spacial score (nSPS) is 9.77. The third-order valence-electron chi connectivity index (χ3n) is 1.58. The number of hydrogen-bond acceptors (Lipinski definition) is 3. The molecular weight excluding hydrogens is 192 g/mol. The quantitative estimate of drug-likeness (QED) is 0.715. The number of carbonyl (C=O) groups is 1. The van der Waals surface area contributed by atoms with Crippen molar-refractivity contribution in [3.05, 3.63) is 22.5 Å². The summed E-state index contributed by atoms with van der Waals surface area (Å²) in [5, 5.41) is 11.7. The van der Waals surface area contributed by atoms with Crippen molar-refractivity contribution in [1.29, 1.82) is 0 Å². The predicted molar refractivity (Wildman–Crippen MR) is 50.5 cm³/mol. The lowest BCUT2D eigenvalue weighted by Gasteiger charge is -2.07. The molecule has 4 nitrogen and oxygen atoms in total. The summed E-state index contributed by atoms with van der Waals surface area (Å²) in [4.78, 5) is 14.7. The number of hydrogen-bond donors (Lipinski definition) is 2.